The third kappa shape index (κ3) is 2.18. The van der Waals surface area contributed by atoms with Crippen LogP contribution in [0.25, 0.3) is 0 Å². The lowest BCUT2D eigenvalue weighted by molar-refractivity contribution is -0.261. The minimum absolute atomic E-state index is 0.360. The summed E-state index contributed by atoms with van der Waals surface area (Å²) in [5.41, 5.74) is 5.64. The summed E-state index contributed by atoms with van der Waals surface area (Å²) >= 11 is 0. The second-order valence-electron chi connectivity index (χ2n) is 3.22. The molecule has 0 aliphatic carbocycles. The molecule has 1 rings (SSSR count). The number of nitrogens with two attached hydrogens (primary N) is 1. The van der Waals surface area contributed by atoms with Crippen LogP contribution in [0, 0.1) is 0 Å². The quantitative estimate of drug-likeness (QED) is 0.511. The van der Waals surface area contributed by atoms with E-state index in [-0.39, 0.29) is 6.10 Å². The highest BCUT2D eigenvalue weighted by Gasteiger charge is 2.41. The van der Waals surface area contributed by atoms with Crippen LogP contribution < -0.4 is 5.73 Å². The van der Waals surface area contributed by atoms with Gasteiger partial charge in [-0.1, -0.05) is 0 Å². The fourth-order valence-electron chi connectivity index (χ4n) is 1.43. The van der Waals surface area contributed by atoms with E-state index >= 15 is 0 Å². The maximum atomic E-state index is 9.62. The van der Waals surface area contributed by atoms with Crippen molar-refractivity contribution in [2.45, 2.75) is 44.5 Å². The first-order chi connectivity index (χ1) is 6.07. The predicted molar refractivity (Wildman–Crippen MR) is 46.0 cm³/mol. The number of hydrogen-bond donors (Lipinski definition) is 3. The molecule has 0 amide bonds. The van der Waals surface area contributed by atoms with Crippen molar-refractivity contribution in [3.05, 3.63) is 0 Å². The number of aliphatic hydroxyl groups excluding tert-OH is 2. The van der Waals surface area contributed by atoms with Crippen LogP contribution in [0.5, 0.6) is 0 Å². The van der Waals surface area contributed by atoms with Gasteiger partial charge in [-0.3, -0.25) is 0 Å². The molecule has 0 unspecified atom stereocenters. The van der Waals surface area contributed by atoms with E-state index in [4.69, 9.17) is 15.2 Å². The Labute approximate surface area is 77.4 Å². The zero-order valence-corrected chi connectivity index (χ0v) is 7.88. The molecule has 1 heterocycles. The molecule has 4 N–H and O–H groups in total. The van der Waals surface area contributed by atoms with Crippen LogP contribution in [0.3, 0.4) is 0 Å². The molecule has 13 heavy (non-hydrogen) atoms. The van der Waals surface area contributed by atoms with Gasteiger partial charge in [-0.15, -0.1) is 0 Å². The summed E-state index contributed by atoms with van der Waals surface area (Å²) in [6.45, 7) is 3.89. The minimum Gasteiger partial charge on any atom is -0.388 e. The Hall–Kier alpha value is -0.200. The van der Waals surface area contributed by atoms with Crippen molar-refractivity contribution in [3.8, 4) is 0 Å². The molecular weight excluding hydrogens is 174 g/mol. The van der Waals surface area contributed by atoms with Gasteiger partial charge in [0.25, 0.3) is 0 Å². The molecule has 0 saturated carbocycles. The van der Waals surface area contributed by atoms with Crippen LogP contribution in [0.2, 0.25) is 0 Å². The van der Waals surface area contributed by atoms with Crippen LogP contribution in [0.1, 0.15) is 13.8 Å². The van der Waals surface area contributed by atoms with E-state index in [2.05, 4.69) is 0 Å². The minimum atomic E-state index is -1.09. The van der Waals surface area contributed by atoms with Crippen molar-refractivity contribution in [2.75, 3.05) is 6.61 Å². The molecule has 1 saturated heterocycles. The lowest BCUT2D eigenvalue weighted by Crippen LogP contribution is -2.60. The fraction of sp³-hybridized carbons (Fsp3) is 1.00. The standard InChI is InChI=1S/C8H17NO4/c1-3-12-7-6(10)5(9)4(2)13-8(7)11/h4-8,10-11H,3,9H2,1-2H3/t4-,5-,6+,7+,8+/m1/s1. The van der Waals surface area contributed by atoms with Gasteiger partial charge in [0, 0.05) is 6.61 Å². The SMILES string of the molecule is CCO[C@H]1[C@@H](O)[C@H](N)[C@@H](C)O[C@@H]1O. The van der Waals surface area contributed by atoms with E-state index in [0.29, 0.717) is 6.61 Å². The lowest BCUT2D eigenvalue weighted by Gasteiger charge is -2.39. The molecule has 1 aliphatic heterocycles. The summed E-state index contributed by atoms with van der Waals surface area (Å²) in [4.78, 5) is 0. The topological polar surface area (TPSA) is 84.9 Å². The Morgan fingerprint density at radius 2 is 2.08 bits per heavy atom. The van der Waals surface area contributed by atoms with Gasteiger partial charge < -0.3 is 25.4 Å². The Bertz CT molecular complexity index is 166. The summed E-state index contributed by atoms with van der Waals surface area (Å²) in [7, 11) is 0. The lowest BCUT2D eigenvalue weighted by atomic mass is 9.98. The first kappa shape index (κ1) is 10.9. The number of aliphatic hydroxyl groups is 2. The number of rotatable bonds is 2. The summed E-state index contributed by atoms with van der Waals surface area (Å²) < 4.78 is 10.2. The fourth-order valence-corrected chi connectivity index (χ4v) is 1.43. The van der Waals surface area contributed by atoms with Gasteiger partial charge in [-0.2, -0.15) is 0 Å². The summed E-state index contributed by atoms with van der Waals surface area (Å²) in [6.07, 6.45) is -3.07. The molecule has 0 aromatic carbocycles. The summed E-state index contributed by atoms with van der Waals surface area (Å²) in [6, 6.07) is -0.514. The predicted octanol–water partition coefficient (Wildman–Crippen LogP) is -1.18. The molecule has 0 aromatic rings. The molecule has 0 spiro atoms. The Balaban J connectivity index is 2.61. The highest BCUT2D eigenvalue weighted by atomic mass is 16.6. The second-order valence-corrected chi connectivity index (χ2v) is 3.22. The zero-order valence-electron chi connectivity index (χ0n) is 7.88. The van der Waals surface area contributed by atoms with E-state index in [0.717, 1.165) is 0 Å². The van der Waals surface area contributed by atoms with Crippen LogP contribution in [-0.2, 0) is 9.47 Å². The third-order valence-corrected chi connectivity index (χ3v) is 2.27. The van der Waals surface area contributed by atoms with Crippen LogP contribution in [0.15, 0.2) is 0 Å². The monoisotopic (exact) mass is 191 g/mol. The number of ether oxygens (including phenoxy) is 2. The Kier molecular flexibility index (Phi) is 3.63. The van der Waals surface area contributed by atoms with Crippen molar-refractivity contribution in [3.63, 3.8) is 0 Å². The Morgan fingerprint density at radius 3 is 2.62 bits per heavy atom. The molecule has 5 heteroatoms. The number of hydrogen-bond acceptors (Lipinski definition) is 5. The van der Waals surface area contributed by atoms with Crippen LogP contribution in [0.4, 0.5) is 0 Å². The molecule has 5 nitrogen and oxygen atoms in total. The van der Waals surface area contributed by atoms with Crippen molar-refractivity contribution in [1.82, 2.24) is 0 Å². The van der Waals surface area contributed by atoms with Gasteiger partial charge in [0.05, 0.1) is 12.1 Å². The molecule has 0 radical (unpaired) electrons. The van der Waals surface area contributed by atoms with Gasteiger partial charge in [-0.25, -0.2) is 0 Å². The molecule has 1 aliphatic rings. The van der Waals surface area contributed by atoms with E-state index in [1.54, 1.807) is 13.8 Å². The average molecular weight is 191 g/mol. The van der Waals surface area contributed by atoms with Gasteiger partial charge >= 0.3 is 0 Å². The molecule has 78 valence electrons. The maximum Gasteiger partial charge on any atom is 0.184 e. The smallest absolute Gasteiger partial charge is 0.184 e. The Morgan fingerprint density at radius 1 is 1.46 bits per heavy atom. The summed E-state index contributed by atoms with van der Waals surface area (Å²) in [5.74, 6) is 0. The van der Waals surface area contributed by atoms with Crippen LogP contribution >= 0.6 is 0 Å². The van der Waals surface area contributed by atoms with E-state index < -0.39 is 24.5 Å². The van der Waals surface area contributed by atoms with Crippen molar-refractivity contribution < 1.29 is 19.7 Å². The van der Waals surface area contributed by atoms with Gasteiger partial charge in [0.15, 0.2) is 6.29 Å². The van der Waals surface area contributed by atoms with E-state index in [9.17, 15) is 10.2 Å². The average Bonchev–Trinajstić information content (AvgIpc) is 2.09. The molecular formula is C8H17NO4. The molecule has 0 bridgehead atoms. The normalized spacial score (nSPS) is 46.4. The molecule has 0 aromatic heterocycles. The van der Waals surface area contributed by atoms with Gasteiger partial charge in [0.1, 0.15) is 12.2 Å². The zero-order chi connectivity index (χ0) is 10.0. The first-order valence-electron chi connectivity index (χ1n) is 4.46. The maximum absolute atomic E-state index is 9.62. The largest absolute Gasteiger partial charge is 0.388 e. The highest BCUT2D eigenvalue weighted by Crippen LogP contribution is 2.20. The van der Waals surface area contributed by atoms with E-state index in [1.807, 2.05) is 0 Å². The van der Waals surface area contributed by atoms with Crippen molar-refractivity contribution in [1.29, 1.82) is 0 Å². The van der Waals surface area contributed by atoms with E-state index in [1.165, 1.54) is 0 Å². The molecule has 5 atom stereocenters. The third-order valence-electron chi connectivity index (χ3n) is 2.27. The van der Waals surface area contributed by atoms with Gasteiger partial charge in [0.2, 0.25) is 0 Å². The second kappa shape index (κ2) is 4.34. The molecule has 1 fully saturated rings. The van der Waals surface area contributed by atoms with Crippen LogP contribution in [-0.4, -0.2) is 47.5 Å². The van der Waals surface area contributed by atoms with Gasteiger partial charge in [-0.05, 0) is 13.8 Å². The first-order valence-corrected chi connectivity index (χ1v) is 4.46. The van der Waals surface area contributed by atoms with Crippen molar-refractivity contribution in [2.24, 2.45) is 5.73 Å². The summed E-state index contributed by atoms with van der Waals surface area (Å²) in [5, 5.41) is 19.0. The van der Waals surface area contributed by atoms with Crippen molar-refractivity contribution >= 4 is 0 Å². The highest BCUT2D eigenvalue weighted by molar-refractivity contribution is 4.90.